The topological polar surface area (TPSA) is 78.0 Å². The predicted octanol–water partition coefficient (Wildman–Crippen LogP) is 1.78. The SMILES string of the molecule is CC(C)NCc1nc(O)c(-c2ccc(F)cc2)c(=O)[nH]1. The molecule has 1 aromatic heterocycles. The van der Waals surface area contributed by atoms with Crippen molar-refractivity contribution in [3.05, 3.63) is 46.3 Å². The summed E-state index contributed by atoms with van der Waals surface area (Å²) >= 11 is 0. The Kier molecular flexibility index (Phi) is 4.14. The number of nitrogens with one attached hydrogen (secondary N) is 2. The highest BCUT2D eigenvalue weighted by molar-refractivity contribution is 5.66. The molecule has 0 radical (unpaired) electrons. The molecule has 0 saturated heterocycles. The molecule has 106 valence electrons. The Morgan fingerprint density at radius 1 is 1.35 bits per heavy atom. The minimum absolute atomic E-state index is 0.0401. The molecule has 0 fully saturated rings. The maximum absolute atomic E-state index is 12.9. The second kappa shape index (κ2) is 5.83. The first-order valence-electron chi connectivity index (χ1n) is 6.29. The molecule has 6 heteroatoms. The second-order valence-corrected chi connectivity index (χ2v) is 4.75. The van der Waals surface area contributed by atoms with Gasteiger partial charge in [0.2, 0.25) is 5.88 Å². The average molecular weight is 277 g/mol. The van der Waals surface area contributed by atoms with Gasteiger partial charge in [-0.1, -0.05) is 26.0 Å². The van der Waals surface area contributed by atoms with Crippen LogP contribution in [-0.4, -0.2) is 21.1 Å². The van der Waals surface area contributed by atoms with Crippen LogP contribution in [0.3, 0.4) is 0 Å². The van der Waals surface area contributed by atoms with Crippen LogP contribution in [0.4, 0.5) is 4.39 Å². The Morgan fingerprint density at radius 3 is 2.55 bits per heavy atom. The molecular weight excluding hydrogens is 261 g/mol. The van der Waals surface area contributed by atoms with Gasteiger partial charge in [0.05, 0.1) is 6.54 Å². The Balaban J connectivity index is 2.36. The van der Waals surface area contributed by atoms with E-state index in [1.54, 1.807) is 0 Å². The largest absolute Gasteiger partial charge is 0.493 e. The molecule has 1 aromatic carbocycles. The first-order chi connectivity index (χ1) is 9.47. The van der Waals surface area contributed by atoms with Gasteiger partial charge in [-0.25, -0.2) is 4.39 Å². The van der Waals surface area contributed by atoms with Crippen LogP contribution >= 0.6 is 0 Å². The molecule has 0 spiro atoms. The molecule has 1 heterocycles. The lowest BCUT2D eigenvalue weighted by Gasteiger charge is -2.09. The molecular formula is C14H16FN3O2. The molecule has 0 aliphatic rings. The van der Waals surface area contributed by atoms with Crippen molar-refractivity contribution >= 4 is 0 Å². The lowest BCUT2D eigenvalue weighted by atomic mass is 10.1. The van der Waals surface area contributed by atoms with Crippen LogP contribution < -0.4 is 10.9 Å². The van der Waals surface area contributed by atoms with Crippen LogP contribution in [0.2, 0.25) is 0 Å². The summed E-state index contributed by atoms with van der Waals surface area (Å²) in [4.78, 5) is 18.6. The molecule has 2 aromatic rings. The normalized spacial score (nSPS) is 11.0. The zero-order valence-electron chi connectivity index (χ0n) is 11.3. The van der Waals surface area contributed by atoms with E-state index < -0.39 is 11.4 Å². The third kappa shape index (κ3) is 3.21. The van der Waals surface area contributed by atoms with Crippen molar-refractivity contribution in [3.8, 4) is 17.0 Å². The van der Waals surface area contributed by atoms with E-state index >= 15 is 0 Å². The summed E-state index contributed by atoms with van der Waals surface area (Å²) in [5, 5.41) is 13.0. The Labute approximate surface area is 115 Å². The summed E-state index contributed by atoms with van der Waals surface area (Å²) in [7, 11) is 0. The van der Waals surface area contributed by atoms with E-state index in [1.165, 1.54) is 24.3 Å². The van der Waals surface area contributed by atoms with Gasteiger partial charge in [0.1, 0.15) is 17.2 Å². The summed E-state index contributed by atoms with van der Waals surface area (Å²) in [6.45, 7) is 4.28. The van der Waals surface area contributed by atoms with Crippen LogP contribution in [0, 0.1) is 5.82 Å². The number of aromatic nitrogens is 2. The Hall–Kier alpha value is -2.21. The molecule has 0 aliphatic heterocycles. The monoisotopic (exact) mass is 277 g/mol. The third-order valence-electron chi connectivity index (χ3n) is 2.76. The van der Waals surface area contributed by atoms with Crippen molar-refractivity contribution in [3.63, 3.8) is 0 Å². The summed E-state index contributed by atoms with van der Waals surface area (Å²) < 4.78 is 12.9. The molecule has 0 aliphatic carbocycles. The van der Waals surface area contributed by atoms with Gasteiger partial charge in [-0.05, 0) is 17.7 Å². The number of hydrogen-bond acceptors (Lipinski definition) is 4. The van der Waals surface area contributed by atoms with E-state index in [4.69, 9.17) is 0 Å². The minimum Gasteiger partial charge on any atom is -0.493 e. The van der Waals surface area contributed by atoms with Crippen molar-refractivity contribution in [1.29, 1.82) is 0 Å². The van der Waals surface area contributed by atoms with Crippen molar-refractivity contribution in [1.82, 2.24) is 15.3 Å². The highest BCUT2D eigenvalue weighted by Crippen LogP contribution is 2.23. The standard InChI is InChI=1S/C14H16FN3O2/c1-8(2)16-7-11-17-13(19)12(14(20)18-11)9-3-5-10(15)6-4-9/h3-6,8,16H,7H2,1-2H3,(H2,17,18,19,20). The van der Waals surface area contributed by atoms with Gasteiger partial charge in [-0.3, -0.25) is 4.79 Å². The van der Waals surface area contributed by atoms with E-state index in [1.807, 2.05) is 13.8 Å². The third-order valence-corrected chi connectivity index (χ3v) is 2.76. The number of aromatic amines is 1. The van der Waals surface area contributed by atoms with Gasteiger partial charge in [0, 0.05) is 6.04 Å². The summed E-state index contributed by atoms with van der Waals surface area (Å²) in [5.74, 6) is -0.414. The van der Waals surface area contributed by atoms with Gasteiger partial charge < -0.3 is 15.4 Å². The molecule has 2 rings (SSSR count). The summed E-state index contributed by atoms with van der Waals surface area (Å²) in [5.41, 5.74) is 0.00369. The number of hydrogen-bond donors (Lipinski definition) is 3. The minimum atomic E-state index is -0.454. The molecule has 0 amide bonds. The first-order valence-corrected chi connectivity index (χ1v) is 6.29. The second-order valence-electron chi connectivity index (χ2n) is 4.75. The molecule has 0 bridgehead atoms. The zero-order chi connectivity index (χ0) is 14.7. The number of halogens is 1. The van der Waals surface area contributed by atoms with Crippen molar-refractivity contribution in [2.75, 3.05) is 0 Å². The average Bonchev–Trinajstić information content (AvgIpc) is 2.38. The van der Waals surface area contributed by atoms with Gasteiger partial charge in [-0.2, -0.15) is 4.98 Å². The van der Waals surface area contributed by atoms with Crippen molar-refractivity contribution < 1.29 is 9.50 Å². The lowest BCUT2D eigenvalue weighted by molar-refractivity contribution is 0.446. The summed E-state index contributed by atoms with van der Waals surface area (Å²) in [6, 6.07) is 5.53. The van der Waals surface area contributed by atoms with E-state index in [-0.39, 0.29) is 17.5 Å². The van der Waals surface area contributed by atoms with E-state index in [0.29, 0.717) is 17.9 Å². The fourth-order valence-electron chi connectivity index (χ4n) is 1.77. The van der Waals surface area contributed by atoms with Crippen LogP contribution in [0.1, 0.15) is 19.7 Å². The van der Waals surface area contributed by atoms with Gasteiger partial charge >= 0.3 is 0 Å². The summed E-state index contributed by atoms with van der Waals surface area (Å²) in [6.07, 6.45) is 0. The van der Waals surface area contributed by atoms with Crippen LogP contribution in [0.5, 0.6) is 5.88 Å². The molecule has 0 unspecified atom stereocenters. The molecule has 0 atom stereocenters. The van der Waals surface area contributed by atoms with Gasteiger partial charge in [-0.15, -0.1) is 0 Å². The van der Waals surface area contributed by atoms with E-state index in [0.717, 1.165) is 0 Å². The predicted molar refractivity (Wildman–Crippen MR) is 73.9 cm³/mol. The number of aromatic hydroxyl groups is 1. The number of nitrogens with zero attached hydrogens (tertiary/aromatic N) is 1. The maximum atomic E-state index is 12.9. The van der Waals surface area contributed by atoms with Crippen molar-refractivity contribution in [2.45, 2.75) is 26.4 Å². The van der Waals surface area contributed by atoms with Gasteiger partial charge in [0.15, 0.2) is 0 Å². The Morgan fingerprint density at radius 2 is 2.00 bits per heavy atom. The fourth-order valence-corrected chi connectivity index (χ4v) is 1.77. The van der Waals surface area contributed by atoms with E-state index in [2.05, 4.69) is 15.3 Å². The number of rotatable bonds is 4. The molecule has 5 nitrogen and oxygen atoms in total. The zero-order valence-corrected chi connectivity index (χ0v) is 11.3. The highest BCUT2D eigenvalue weighted by atomic mass is 19.1. The van der Waals surface area contributed by atoms with E-state index in [9.17, 15) is 14.3 Å². The Bertz CT molecular complexity index is 650. The van der Waals surface area contributed by atoms with Gasteiger partial charge in [0.25, 0.3) is 5.56 Å². The smallest absolute Gasteiger partial charge is 0.262 e. The molecule has 3 N–H and O–H groups in total. The lowest BCUT2D eigenvalue weighted by Crippen LogP contribution is -2.25. The van der Waals surface area contributed by atoms with Crippen LogP contribution in [0.25, 0.3) is 11.1 Å². The fraction of sp³-hybridized carbons (Fsp3) is 0.286. The maximum Gasteiger partial charge on any atom is 0.262 e. The molecule has 20 heavy (non-hydrogen) atoms. The van der Waals surface area contributed by atoms with Crippen molar-refractivity contribution in [2.24, 2.45) is 0 Å². The quantitative estimate of drug-likeness (QED) is 0.796. The van der Waals surface area contributed by atoms with Crippen LogP contribution in [-0.2, 0) is 6.54 Å². The first kappa shape index (κ1) is 14.2. The highest BCUT2D eigenvalue weighted by Gasteiger charge is 2.13. The number of H-pyrrole nitrogens is 1. The van der Waals surface area contributed by atoms with Crippen LogP contribution in [0.15, 0.2) is 29.1 Å². The molecule has 0 saturated carbocycles. The number of benzene rings is 1.